The first-order chi connectivity index (χ1) is 17.2. The largest absolute Gasteiger partial charge is 0.462 e. The Morgan fingerprint density at radius 3 is 2.39 bits per heavy atom. The van der Waals surface area contributed by atoms with Crippen molar-refractivity contribution in [1.82, 2.24) is 10.2 Å². The standard InChI is InChI=1S/C28H36N4O4/c1-6-16-32-19(5)24(26(33)36-17-18(3)4)25(31-28(32)35)21-12-14-22(15-13-21)29-27(34)30-23-11-9-8-10-20(23)7-2/h8-15,18,25H,6-7,16-17H2,1-5H3,(H,31,35)(H2,29,30,34). The number of esters is 1. The van der Waals surface area contributed by atoms with Crippen LogP contribution in [0.1, 0.15) is 58.2 Å². The highest BCUT2D eigenvalue weighted by molar-refractivity contribution is 6.00. The Morgan fingerprint density at radius 2 is 1.75 bits per heavy atom. The summed E-state index contributed by atoms with van der Waals surface area (Å²) in [6, 6.07) is 13.5. The first-order valence-corrected chi connectivity index (χ1v) is 12.5. The van der Waals surface area contributed by atoms with Crippen molar-refractivity contribution in [3.05, 3.63) is 70.9 Å². The number of para-hydroxylation sites is 1. The number of nitrogens with zero attached hydrogens (tertiary/aromatic N) is 1. The monoisotopic (exact) mass is 492 g/mol. The third-order valence-corrected chi connectivity index (χ3v) is 5.96. The molecule has 0 saturated carbocycles. The number of carbonyl (C=O) groups excluding carboxylic acids is 3. The Morgan fingerprint density at radius 1 is 1.06 bits per heavy atom. The number of aryl methyl sites for hydroxylation is 1. The number of benzene rings is 2. The fraction of sp³-hybridized carbons (Fsp3) is 0.393. The molecule has 2 aromatic rings. The molecule has 1 atom stereocenters. The minimum Gasteiger partial charge on any atom is -0.462 e. The Bertz CT molecular complexity index is 1120. The van der Waals surface area contributed by atoms with Gasteiger partial charge in [0.05, 0.1) is 18.2 Å². The molecule has 0 saturated heterocycles. The van der Waals surface area contributed by atoms with Crippen molar-refractivity contribution >= 4 is 29.4 Å². The summed E-state index contributed by atoms with van der Waals surface area (Å²) in [5.74, 6) is -0.248. The predicted molar refractivity (Wildman–Crippen MR) is 142 cm³/mol. The van der Waals surface area contributed by atoms with Crippen molar-refractivity contribution in [3.63, 3.8) is 0 Å². The molecule has 1 heterocycles. The lowest BCUT2D eigenvalue weighted by atomic mass is 9.94. The van der Waals surface area contributed by atoms with Crippen molar-refractivity contribution < 1.29 is 19.1 Å². The summed E-state index contributed by atoms with van der Waals surface area (Å²) in [6.45, 7) is 10.5. The summed E-state index contributed by atoms with van der Waals surface area (Å²) in [5.41, 5.74) is 4.13. The van der Waals surface area contributed by atoms with Crippen LogP contribution in [0, 0.1) is 5.92 Å². The van der Waals surface area contributed by atoms with Gasteiger partial charge in [0.2, 0.25) is 0 Å². The van der Waals surface area contributed by atoms with E-state index < -0.39 is 12.0 Å². The maximum absolute atomic E-state index is 13.1. The van der Waals surface area contributed by atoms with E-state index in [1.807, 2.05) is 52.0 Å². The van der Waals surface area contributed by atoms with Gasteiger partial charge in [-0.05, 0) is 55.0 Å². The minimum absolute atomic E-state index is 0.194. The Kier molecular flexibility index (Phi) is 9.11. The van der Waals surface area contributed by atoms with Crippen molar-refractivity contribution in [2.24, 2.45) is 5.92 Å². The van der Waals surface area contributed by atoms with Crippen molar-refractivity contribution in [2.45, 2.75) is 53.5 Å². The second kappa shape index (κ2) is 12.2. The van der Waals surface area contributed by atoms with Crippen LogP contribution in [0.3, 0.4) is 0 Å². The van der Waals surface area contributed by atoms with E-state index in [0.717, 1.165) is 29.7 Å². The van der Waals surface area contributed by atoms with E-state index in [-0.39, 0.29) is 18.0 Å². The van der Waals surface area contributed by atoms with Gasteiger partial charge in [0, 0.05) is 23.6 Å². The molecule has 0 aromatic heterocycles. The molecule has 8 nitrogen and oxygen atoms in total. The van der Waals surface area contributed by atoms with Crippen LogP contribution in [-0.4, -0.2) is 36.1 Å². The van der Waals surface area contributed by atoms with Crippen LogP contribution in [-0.2, 0) is 16.0 Å². The van der Waals surface area contributed by atoms with E-state index in [1.165, 1.54) is 0 Å². The number of carbonyl (C=O) groups is 3. The van der Waals surface area contributed by atoms with Crippen LogP contribution in [0.4, 0.5) is 21.0 Å². The van der Waals surface area contributed by atoms with Gasteiger partial charge in [0.25, 0.3) is 0 Å². The molecule has 1 aliphatic heterocycles. The van der Waals surface area contributed by atoms with Gasteiger partial charge in [-0.15, -0.1) is 0 Å². The number of hydrogen-bond acceptors (Lipinski definition) is 4. The van der Waals surface area contributed by atoms with Gasteiger partial charge >= 0.3 is 18.0 Å². The molecule has 4 amide bonds. The SMILES string of the molecule is CCCN1C(=O)NC(c2ccc(NC(=O)Nc3ccccc3CC)cc2)C(C(=O)OCC(C)C)=C1C. The maximum atomic E-state index is 13.1. The van der Waals surface area contributed by atoms with Crippen LogP contribution >= 0.6 is 0 Å². The smallest absolute Gasteiger partial charge is 0.338 e. The molecule has 0 fully saturated rings. The van der Waals surface area contributed by atoms with E-state index in [1.54, 1.807) is 36.1 Å². The highest BCUT2D eigenvalue weighted by atomic mass is 16.5. The number of amides is 4. The zero-order valence-electron chi connectivity index (χ0n) is 21.7. The minimum atomic E-state index is -0.649. The fourth-order valence-corrected chi connectivity index (χ4v) is 4.10. The Labute approximate surface area is 213 Å². The van der Waals surface area contributed by atoms with Gasteiger partial charge in [-0.3, -0.25) is 4.90 Å². The average molecular weight is 493 g/mol. The van der Waals surface area contributed by atoms with Crippen LogP contribution < -0.4 is 16.0 Å². The molecule has 1 aliphatic rings. The molecule has 192 valence electrons. The zero-order chi connectivity index (χ0) is 26.2. The first kappa shape index (κ1) is 26.8. The second-order valence-electron chi connectivity index (χ2n) is 9.24. The predicted octanol–water partition coefficient (Wildman–Crippen LogP) is 5.84. The third-order valence-electron chi connectivity index (χ3n) is 5.96. The summed E-state index contributed by atoms with van der Waals surface area (Å²) < 4.78 is 5.54. The molecular formula is C28H36N4O4. The fourth-order valence-electron chi connectivity index (χ4n) is 4.10. The molecule has 3 rings (SSSR count). The normalized spacial score (nSPS) is 15.6. The van der Waals surface area contributed by atoms with Crippen molar-refractivity contribution in [2.75, 3.05) is 23.8 Å². The van der Waals surface area contributed by atoms with Crippen molar-refractivity contribution in [3.8, 4) is 0 Å². The molecule has 3 N–H and O–H groups in total. The lowest BCUT2D eigenvalue weighted by Crippen LogP contribution is -2.48. The van der Waals surface area contributed by atoms with E-state index >= 15 is 0 Å². The first-order valence-electron chi connectivity index (χ1n) is 12.5. The molecule has 2 aromatic carbocycles. The highest BCUT2D eigenvalue weighted by Crippen LogP contribution is 2.32. The number of urea groups is 2. The number of rotatable bonds is 9. The Hall–Kier alpha value is -3.81. The molecular weight excluding hydrogens is 456 g/mol. The van der Waals surface area contributed by atoms with Crippen LogP contribution in [0.2, 0.25) is 0 Å². The summed E-state index contributed by atoms with van der Waals surface area (Å²) in [4.78, 5) is 40.0. The molecule has 0 spiro atoms. The van der Waals surface area contributed by atoms with Crippen molar-refractivity contribution in [1.29, 1.82) is 0 Å². The van der Waals surface area contributed by atoms with Crippen LogP contribution in [0.15, 0.2) is 59.8 Å². The van der Waals surface area contributed by atoms with E-state index in [9.17, 15) is 14.4 Å². The van der Waals surface area contributed by atoms with E-state index in [2.05, 4.69) is 16.0 Å². The average Bonchev–Trinajstić information content (AvgIpc) is 2.85. The summed E-state index contributed by atoms with van der Waals surface area (Å²) in [5, 5.41) is 8.66. The second-order valence-corrected chi connectivity index (χ2v) is 9.24. The highest BCUT2D eigenvalue weighted by Gasteiger charge is 2.36. The summed E-state index contributed by atoms with van der Waals surface area (Å²) in [6.07, 6.45) is 1.57. The third kappa shape index (κ3) is 6.44. The van der Waals surface area contributed by atoms with E-state index in [0.29, 0.717) is 30.1 Å². The summed E-state index contributed by atoms with van der Waals surface area (Å²) in [7, 11) is 0. The van der Waals surface area contributed by atoms with Gasteiger partial charge < -0.3 is 20.7 Å². The van der Waals surface area contributed by atoms with Gasteiger partial charge in [0.15, 0.2) is 0 Å². The lowest BCUT2D eigenvalue weighted by molar-refractivity contribution is -0.140. The number of hydrogen-bond donors (Lipinski definition) is 3. The van der Waals surface area contributed by atoms with Gasteiger partial charge in [0.1, 0.15) is 0 Å². The van der Waals surface area contributed by atoms with E-state index in [4.69, 9.17) is 4.74 Å². The van der Waals surface area contributed by atoms with Gasteiger partial charge in [-0.25, -0.2) is 14.4 Å². The molecule has 0 bridgehead atoms. The Balaban J connectivity index is 1.80. The molecule has 1 unspecified atom stereocenters. The molecule has 0 aliphatic carbocycles. The number of ether oxygens (including phenoxy) is 1. The number of allylic oxidation sites excluding steroid dienone is 1. The number of nitrogens with one attached hydrogen (secondary N) is 3. The quantitative estimate of drug-likeness (QED) is 0.383. The molecule has 0 radical (unpaired) electrons. The van der Waals surface area contributed by atoms with Crippen LogP contribution in [0.5, 0.6) is 0 Å². The molecule has 8 heteroatoms. The zero-order valence-corrected chi connectivity index (χ0v) is 21.7. The molecule has 36 heavy (non-hydrogen) atoms. The number of anilines is 2. The summed E-state index contributed by atoms with van der Waals surface area (Å²) >= 11 is 0. The van der Waals surface area contributed by atoms with Gasteiger partial charge in [-0.2, -0.15) is 0 Å². The van der Waals surface area contributed by atoms with Gasteiger partial charge in [-0.1, -0.05) is 58.0 Å². The van der Waals surface area contributed by atoms with Crippen LogP contribution in [0.25, 0.3) is 0 Å². The topological polar surface area (TPSA) is 99.8 Å². The maximum Gasteiger partial charge on any atom is 0.338 e. The lowest BCUT2D eigenvalue weighted by Gasteiger charge is -2.35.